The van der Waals surface area contributed by atoms with E-state index in [0.717, 1.165) is 45.1 Å². The maximum Gasteiger partial charge on any atom is 0.283 e. The lowest BCUT2D eigenvalue weighted by Gasteiger charge is -2.39. The van der Waals surface area contributed by atoms with Gasteiger partial charge < -0.3 is 13.7 Å². The quantitative estimate of drug-likeness (QED) is 0.688. The first kappa shape index (κ1) is 20.1. The first-order valence-corrected chi connectivity index (χ1v) is 9.84. The number of nitriles is 1. The summed E-state index contributed by atoms with van der Waals surface area (Å²) in [7, 11) is 1.75. The number of nitrogens with zero attached hydrogens (tertiary/aromatic N) is 5. The minimum atomic E-state index is -0.676. The molecule has 2 aromatic rings. The Kier molecular flexibility index (Phi) is 6.47. The summed E-state index contributed by atoms with van der Waals surface area (Å²) in [6.07, 6.45) is 7.03. The number of carbonyl (C=O) groups excluding carboxylic acids is 1. The molecule has 1 fully saturated rings. The monoisotopic (exact) mass is 385 g/mol. The maximum atomic E-state index is 12.9. The summed E-state index contributed by atoms with van der Waals surface area (Å²) in [5.41, 5.74) is -0.676. The number of furan rings is 1. The number of carbonyl (C=O) groups is 1. The third kappa shape index (κ3) is 4.42. The Labute approximate surface area is 165 Å². The molecule has 8 nitrogen and oxygen atoms in total. The van der Waals surface area contributed by atoms with Crippen LogP contribution in [-0.4, -0.2) is 51.6 Å². The van der Waals surface area contributed by atoms with Crippen molar-refractivity contribution >= 4 is 5.91 Å². The average Bonchev–Trinajstić information content (AvgIpc) is 3.40. The molecule has 2 aromatic heterocycles. The summed E-state index contributed by atoms with van der Waals surface area (Å²) in [6, 6.07) is 5.92. The molecule has 1 aliphatic rings. The van der Waals surface area contributed by atoms with Crippen molar-refractivity contribution < 1.29 is 13.6 Å². The van der Waals surface area contributed by atoms with Crippen molar-refractivity contribution in [1.82, 2.24) is 20.0 Å². The zero-order valence-corrected chi connectivity index (χ0v) is 16.6. The largest absolute Gasteiger partial charge is 0.459 e. The van der Waals surface area contributed by atoms with Crippen molar-refractivity contribution in [2.75, 3.05) is 20.1 Å². The van der Waals surface area contributed by atoms with E-state index in [-0.39, 0.29) is 12.5 Å². The van der Waals surface area contributed by atoms with Crippen molar-refractivity contribution in [1.29, 1.82) is 5.26 Å². The predicted molar refractivity (Wildman–Crippen MR) is 102 cm³/mol. The van der Waals surface area contributed by atoms with Crippen LogP contribution in [0.3, 0.4) is 0 Å². The number of hydrogen-bond donors (Lipinski definition) is 0. The minimum Gasteiger partial charge on any atom is -0.459 e. The van der Waals surface area contributed by atoms with E-state index in [1.165, 1.54) is 0 Å². The second-order valence-corrected chi connectivity index (χ2v) is 7.35. The first-order chi connectivity index (χ1) is 13.6. The Balaban J connectivity index is 1.65. The SMILES string of the molecule is CCCN(CC(=O)N(C)C1(C#N)CCCCC1)Cc1nnc(-c2ccco2)o1. The van der Waals surface area contributed by atoms with Crippen LogP contribution in [0.15, 0.2) is 27.2 Å². The first-order valence-electron chi connectivity index (χ1n) is 9.84. The van der Waals surface area contributed by atoms with Crippen molar-refractivity contribution in [3.8, 4) is 17.7 Å². The van der Waals surface area contributed by atoms with Gasteiger partial charge in [-0.15, -0.1) is 10.2 Å². The van der Waals surface area contributed by atoms with Gasteiger partial charge in [-0.2, -0.15) is 5.26 Å². The summed E-state index contributed by atoms with van der Waals surface area (Å²) in [6.45, 7) is 3.37. The predicted octanol–water partition coefficient (Wildman–Crippen LogP) is 3.23. The van der Waals surface area contributed by atoms with Gasteiger partial charge in [0.1, 0.15) is 5.54 Å². The highest BCUT2D eigenvalue weighted by Crippen LogP contribution is 2.32. The normalized spacial score (nSPS) is 16.1. The fourth-order valence-electron chi connectivity index (χ4n) is 3.73. The second kappa shape index (κ2) is 9.02. The van der Waals surface area contributed by atoms with E-state index in [9.17, 15) is 10.1 Å². The van der Waals surface area contributed by atoms with E-state index in [2.05, 4.69) is 23.2 Å². The fraction of sp³-hybridized carbons (Fsp3) is 0.600. The standard InChI is InChI=1S/C20H27N5O3/c1-3-11-25(13-17-22-23-19(28-17)16-8-7-12-27-16)14-18(26)24(2)20(15-21)9-5-4-6-10-20/h7-8,12H,3-6,9-11,13-14H2,1-2H3. The molecule has 1 amide bonds. The van der Waals surface area contributed by atoms with Gasteiger partial charge in [0.15, 0.2) is 5.76 Å². The molecule has 150 valence electrons. The van der Waals surface area contributed by atoms with E-state index >= 15 is 0 Å². The van der Waals surface area contributed by atoms with E-state index in [4.69, 9.17) is 8.83 Å². The molecule has 0 saturated heterocycles. The summed E-state index contributed by atoms with van der Waals surface area (Å²) in [5, 5.41) is 17.8. The highest BCUT2D eigenvalue weighted by Gasteiger charge is 2.39. The molecule has 0 aromatic carbocycles. The molecule has 2 heterocycles. The van der Waals surface area contributed by atoms with Crippen LogP contribution in [0.25, 0.3) is 11.7 Å². The van der Waals surface area contributed by atoms with Crippen LogP contribution in [0.4, 0.5) is 0 Å². The van der Waals surface area contributed by atoms with Crippen LogP contribution in [0.5, 0.6) is 0 Å². The lowest BCUT2D eigenvalue weighted by Crippen LogP contribution is -2.52. The second-order valence-electron chi connectivity index (χ2n) is 7.35. The van der Waals surface area contributed by atoms with Gasteiger partial charge in [-0.1, -0.05) is 26.2 Å². The Morgan fingerprint density at radius 3 is 2.75 bits per heavy atom. The molecule has 3 rings (SSSR count). The molecule has 0 radical (unpaired) electrons. The van der Waals surface area contributed by atoms with Gasteiger partial charge in [0, 0.05) is 7.05 Å². The summed E-state index contributed by atoms with van der Waals surface area (Å²) < 4.78 is 10.9. The smallest absolute Gasteiger partial charge is 0.283 e. The van der Waals surface area contributed by atoms with E-state index in [0.29, 0.717) is 24.1 Å². The third-order valence-electron chi connectivity index (χ3n) is 5.36. The van der Waals surface area contributed by atoms with Gasteiger partial charge in [0.05, 0.1) is 25.4 Å². The van der Waals surface area contributed by atoms with Crippen LogP contribution in [0, 0.1) is 11.3 Å². The topological polar surface area (TPSA) is 99.4 Å². The van der Waals surface area contributed by atoms with Gasteiger partial charge in [0.25, 0.3) is 5.89 Å². The molecule has 1 saturated carbocycles. The van der Waals surface area contributed by atoms with E-state index in [1.807, 2.05) is 4.90 Å². The molecule has 1 aliphatic carbocycles. The Hall–Kier alpha value is -2.66. The Bertz CT molecular complexity index is 802. The number of likely N-dealkylation sites (N-methyl/N-ethyl adjacent to an activating group) is 1. The van der Waals surface area contributed by atoms with Crippen molar-refractivity contribution in [2.45, 2.75) is 57.5 Å². The van der Waals surface area contributed by atoms with Crippen LogP contribution in [-0.2, 0) is 11.3 Å². The molecule has 0 atom stereocenters. The number of rotatable bonds is 8. The molecular weight excluding hydrogens is 358 g/mol. The number of hydrogen-bond acceptors (Lipinski definition) is 7. The zero-order valence-electron chi connectivity index (χ0n) is 16.6. The summed E-state index contributed by atoms with van der Waals surface area (Å²) >= 11 is 0. The minimum absolute atomic E-state index is 0.0531. The average molecular weight is 385 g/mol. The van der Waals surface area contributed by atoms with Crippen LogP contribution >= 0.6 is 0 Å². The van der Waals surface area contributed by atoms with Crippen LogP contribution in [0.1, 0.15) is 51.3 Å². The van der Waals surface area contributed by atoms with Crippen molar-refractivity contribution in [3.63, 3.8) is 0 Å². The van der Waals surface area contributed by atoms with Crippen molar-refractivity contribution in [3.05, 3.63) is 24.3 Å². The summed E-state index contributed by atoms with van der Waals surface area (Å²) in [5.74, 6) is 1.22. The van der Waals surface area contributed by atoms with E-state index in [1.54, 1.807) is 30.3 Å². The molecular formula is C20H27N5O3. The van der Waals surface area contributed by atoms with Gasteiger partial charge in [-0.25, -0.2) is 0 Å². The highest BCUT2D eigenvalue weighted by atomic mass is 16.4. The lowest BCUT2D eigenvalue weighted by atomic mass is 9.81. The molecule has 0 aliphatic heterocycles. The molecule has 0 spiro atoms. The fourth-order valence-corrected chi connectivity index (χ4v) is 3.73. The number of aromatic nitrogens is 2. The van der Waals surface area contributed by atoms with E-state index < -0.39 is 5.54 Å². The molecule has 0 unspecified atom stereocenters. The highest BCUT2D eigenvalue weighted by molar-refractivity contribution is 5.79. The van der Waals surface area contributed by atoms with Gasteiger partial charge in [0.2, 0.25) is 11.8 Å². The van der Waals surface area contributed by atoms with Crippen LogP contribution in [0.2, 0.25) is 0 Å². The maximum absolute atomic E-state index is 12.9. The Morgan fingerprint density at radius 1 is 1.32 bits per heavy atom. The molecule has 0 bridgehead atoms. The zero-order chi connectivity index (χ0) is 20.0. The molecule has 28 heavy (non-hydrogen) atoms. The lowest BCUT2D eigenvalue weighted by molar-refractivity contribution is -0.136. The molecule has 0 N–H and O–H groups in total. The Morgan fingerprint density at radius 2 is 2.11 bits per heavy atom. The summed E-state index contributed by atoms with van der Waals surface area (Å²) in [4.78, 5) is 16.6. The molecule has 8 heteroatoms. The van der Waals surface area contributed by atoms with Gasteiger partial charge in [-0.05, 0) is 37.9 Å². The van der Waals surface area contributed by atoms with Gasteiger partial charge in [-0.3, -0.25) is 9.69 Å². The van der Waals surface area contributed by atoms with Gasteiger partial charge >= 0.3 is 0 Å². The van der Waals surface area contributed by atoms with Crippen LogP contribution < -0.4 is 0 Å². The van der Waals surface area contributed by atoms with Crippen molar-refractivity contribution in [2.24, 2.45) is 0 Å². The third-order valence-corrected chi connectivity index (χ3v) is 5.36. The number of amides is 1.